The number of amides is 1. The lowest BCUT2D eigenvalue weighted by Crippen LogP contribution is -2.33. The van der Waals surface area contributed by atoms with Crippen molar-refractivity contribution >= 4 is 28.7 Å². The molecule has 1 heterocycles. The largest absolute Gasteiger partial charge is 0.444 e. The molecule has 22 heavy (non-hydrogen) atoms. The second-order valence-electron chi connectivity index (χ2n) is 5.91. The van der Waals surface area contributed by atoms with Crippen molar-refractivity contribution < 1.29 is 9.53 Å². The van der Waals surface area contributed by atoms with Gasteiger partial charge in [-0.3, -0.25) is 0 Å². The summed E-state index contributed by atoms with van der Waals surface area (Å²) < 4.78 is 8.42. The van der Waals surface area contributed by atoms with Gasteiger partial charge in [0.2, 0.25) is 0 Å². The fraction of sp³-hybridized carbons (Fsp3) is 0.375. The van der Waals surface area contributed by atoms with E-state index in [0.29, 0.717) is 13.0 Å². The van der Waals surface area contributed by atoms with E-state index in [4.69, 9.17) is 4.74 Å². The second kappa shape index (κ2) is 7.13. The molecule has 0 radical (unpaired) electrons. The molecule has 0 spiro atoms. The highest BCUT2D eigenvalue weighted by Gasteiger charge is 2.15. The summed E-state index contributed by atoms with van der Waals surface area (Å²) in [7, 11) is 0. The molecule has 1 amide bonds. The minimum absolute atomic E-state index is 0.396. The monoisotopic (exact) mass is 413 g/mol. The van der Waals surface area contributed by atoms with Crippen LogP contribution in [0, 0.1) is 3.57 Å². The Balaban J connectivity index is 1.93. The number of halogens is 1. The molecule has 6 heteroatoms. The minimum Gasteiger partial charge on any atom is -0.444 e. The third-order valence-electron chi connectivity index (χ3n) is 2.87. The Labute approximate surface area is 144 Å². The molecular formula is C16H20IN3O2. The zero-order valence-electron chi connectivity index (χ0n) is 13.0. The Bertz CT molecular complexity index is 630. The number of hydrogen-bond acceptors (Lipinski definition) is 3. The van der Waals surface area contributed by atoms with Crippen molar-refractivity contribution in [3.8, 4) is 5.69 Å². The maximum Gasteiger partial charge on any atom is 0.407 e. The van der Waals surface area contributed by atoms with Crippen LogP contribution in [0.1, 0.15) is 26.5 Å². The predicted octanol–water partition coefficient (Wildman–Crippen LogP) is 3.54. The SMILES string of the molecule is CC(C)(C)OC(=O)NCCc1cncn1-c1ccc(I)cc1. The lowest BCUT2D eigenvalue weighted by Gasteiger charge is -2.19. The van der Waals surface area contributed by atoms with Gasteiger partial charge < -0.3 is 14.6 Å². The van der Waals surface area contributed by atoms with Gasteiger partial charge in [0, 0.05) is 34.1 Å². The molecule has 1 aromatic carbocycles. The zero-order chi connectivity index (χ0) is 16.2. The van der Waals surface area contributed by atoms with Crippen LogP contribution in [-0.4, -0.2) is 27.8 Å². The fourth-order valence-electron chi connectivity index (χ4n) is 1.95. The molecule has 0 unspecified atom stereocenters. The maximum absolute atomic E-state index is 11.6. The third-order valence-corrected chi connectivity index (χ3v) is 3.59. The number of ether oxygens (including phenoxy) is 1. The van der Waals surface area contributed by atoms with Crippen molar-refractivity contribution in [1.82, 2.24) is 14.9 Å². The van der Waals surface area contributed by atoms with Gasteiger partial charge in [-0.05, 0) is 67.6 Å². The van der Waals surface area contributed by atoms with Crippen molar-refractivity contribution in [3.05, 3.63) is 46.1 Å². The van der Waals surface area contributed by atoms with Gasteiger partial charge in [0.15, 0.2) is 0 Å². The topological polar surface area (TPSA) is 56.1 Å². The summed E-state index contributed by atoms with van der Waals surface area (Å²) >= 11 is 2.28. The lowest BCUT2D eigenvalue weighted by molar-refractivity contribution is 0.0528. The van der Waals surface area contributed by atoms with E-state index in [1.807, 2.05) is 43.7 Å². The summed E-state index contributed by atoms with van der Waals surface area (Å²) in [5.41, 5.74) is 1.62. The molecule has 1 N–H and O–H groups in total. The lowest BCUT2D eigenvalue weighted by atomic mass is 10.2. The van der Waals surface area contributed by atoms with Gasteiger partial charge in [-0.25, -0.2) is 9.78 Å². The second-order valence-corrected chi connectivity index (χ2v) is 7.16. The number of alkyl carbamates (subject to hydrolysis) is 1. The normalized spacial score (nSPS) is 11.3. The van der Waals surface area contributed by atoms with E-state index in [0.717, 1.165) is 11.4 Å². The van der Waals surface area contributed by atoms with Crippen molar-refractivity contribution in [1.29, 1.82) is 0 Å². The first-order valence-corrected chi connectivity index (χ1v) is 8.17. The first-order valence-electron chi connectivity index (χ1n) is 7.09. The third kappa shape index (κ3) is 5.01. The van der Waals surface area contributed by atoms with E-state index in [1.54, 1.807) is 6.33 Å². The molecule has 1 aromatic heterocycles. The van der Waals surface area contributed by atoms with Gasteiger partial charge >= 0.3 is 6.09 Å². The number of rotatable bonds is 4. The van der Waals surface area contributed by atoms with Crippen LogP contribution in [0.15, 0.2) is 36.8 Å². The van der Waals surface area contributed by atoms with Gasteiger partial charge in [0.05, 0.1) is 6.33 Å². The molecule has 2 rings (SSSR count). The predicted molar refractivity (Wildman–Crippen MR) is 94.2 cm³/mol. The average Bonchev–Trinajstić information content (AvgIpc) is 2.86. The molecule has 118 valence electrons. The summed E-state index contributed by atoms with van der Waals surface area (Å²) in [5.74, 6) is 0. The zero-order valence-corrected chi connectivity index (χ0v) is 15.1. The Kier molecular flexibility index (Phi) is 5.44. The highest BCUT2D eigenvalue weighted by molar-refractivity contribution is 14.1. The number of nitrogens with one attached hydrogen (secondary N) is 1. The number of carbonyl (C=O) groups excluding carboxylic acids is 1. The van der Waals surface area contributed by atoms with Gasteiger partial charge in [0.25, 0.3) is 0 Å². The molecule has 0 aliphatic rings. The molecular weight excluding hydrogens is 393 g/mol. The average molecular weight is 413 g/mol. The van der Waals surface area contributed by atoms with Crippen molar-refractivity contribution in [3.63, 3.8) is 0 Å². The molecule has 0 aliphatic carbocycles. The van der Waals surface area contributed by atoms with E-state index in [-0.39, 0.29) is 0 Å². The van der Waals surface area contributed by atoms with Gasteiger partial charge in [-0.15, -0.1) is 0 Å². The Hall–Kier alpha value is -1.57. The highest BCUT2D eigenvalue weighted by atomic mass is 127. The van der Waals surface area contributed by atoms with Crippen LogP contribution in [0.2, 0.25) is 0 Å². The molecule has 0 bridgehead atoms. The van der Waals surface area contributed by atoms with Crippen LogP contribution >= 0.6 is 22.6 Å². The first kappa shape index (κ1) is 16.8. The van der Waals surface area contributed by atoms with Crippen LogP contribution in [0.4, 0.5) is 4.79 Å². The van der Waals surface area contributed by atoms with E-state index in [9.17, 15) is 4.79 Å². The molecule has 2 aromatic rings. The van der Waals surface area contributed by atoms with E-state index in [1.165, 1.54) is 3.57 Å². The summed E-state index contributed by atoms with van der Waals surface area (Å²) in [6.07, 6.45) is 3.89. The van der Waals surface area contributed by atoms with Crippen LogP contribution in [0.25, 0.3) is 5.69 Å². The van der Waals surface area contributed by atoms with Gasteiger partial charge in [0.1, 0.15) is 5.60 Å². The first-order chi connectivity index (χ1) is 10.3. The quantitative estimate of drug-likeness (QED) is 0.781. The smallest absolute Gasteiger partial charge is 0.407 e. The van der Waals surface area contributed by atoms with E-state index in [2.05, 4.69) is 45.0 Å². The Morgan fingerprint density at radius 3 is 2.64 bits per heavy atom. The van der Waals surface area contributed by atoms with Crippen LogP contribution in [0.5, 0.6) is 0 Å². The number of carbonyl (C=O) groups is 1. The van der Waals surface area contributed by atoms with Gasteiger partial charge in [-0.2, -0.15) is 0 Å². The Morgan fingerprint density at radius 2 is 2.00 bits per heavy atom. The molecule has 0 saturated heterocycles. The summed E-state index contributed by atoms with van der Waals surface area (Å²) in [5, 5.41) is 2.76. The molecule has 5 nitrogen and oxygen atoms in total. The van der Waals surface area contributed by atoms with Crippen molar-refractivity contribution in [2.75, 3.05) is 6.54 Å². The summed E-state index contributed by atoms with van der Waals surface area (Å²) in [6.45, 7) is 6.04. The number of imidazole rings is 1. The van der Waals surface area contributed by atoms with Crippen molar-refractivity contribution in [2.24, 2.45) is 0 Å². The molecule has 0 aliphatic heterocycles. The van der Waals surface area contributed by atoms with Crippen LogP contribution in [0.3, 0.4) is 0 Å². The summed E-state index contributed by atoms with van der Waals surface area (Å²) in [6, 6.07) is 8.21. The number of nitrogens with zero attached hydrogens (tertiary/aromatic N) is 2. The number of hydrogen-bond donors (Lipinski definition) is 1. The molecule has 0 fully saturated rings. The minimum atomic E-state index is -0.479. The van der Waals surface area contributed by atoms with Crippen LogP contribution in [-0.2, 0) is 11.2 Å². The highest BCUT2D eigenvalue weighted by Crippen LogP contribution is 2.14. The van der Waals surface area contributed by atoms with E-state index >= 15 is 0 Å². The maximum atomic E-state index is 11.6. The standard InChI is InChI=1S/C16H20IN3O2/c1-16(2,3)22-15(21)19-9-8-14-10-18-11-20(14)13-6-4-12(17)5-7-13/h4-7,10-11H,8-9H2,1-3H3,(H,19,21). The summed E-state index contributed by atoms with van der Waals surface area (Å²) in [4.78, 5) is 15.8. The van der Waals surface area contributed by atoms with Crippen molar-refractivity contribution in [2.45, 2.75) is 32.8 Å². The molecule has 0 saturated carbocycles. The Morgan fingerprint density at radius 1 is 1.32 bits per heavy atom. The number of benzene rings is 1. The molecule has 0 atom stereocenters. The van der Waals surface area contributed by atoms with Gasteiger partial charge in [-0.1, -0.05) is 0 Å². The fourth-order valence-corrected chi connectivity index (χ4v) is 2.31. The number of aromatic nitrogens is 2. The van der Waals surface area contributed by atoms with E-state index < -0.39 is 11.7 Å². The van der Waals surface area contributed by atoms with Crippen LogP contribution < -0.4 is 5.32 Å².